The van der Waals surface area contributed by atoms with Crippen molar-refractivity contribution in [1.29, 1.82) is 0 Å². The van der Waals surface area contributed by atoms with E-state index in [4.69, 9.17) is 5.73 Å². The Morgan fingerprint density at radius 2 is 2.00 bits per heavy atom. The van der Waals surface area contributed by atoms with E-state index in [0.29, 0.717) is 12.3 Å². The molecule has 100 valence electrons. The monoisotopic (exact) mass is 249 g/mol. The maximum atomic E-state index is 11.7. The van der Waals surface area contributed by atoms with Crippen LogP contribution in [-0.4, -0.2) is 17.6 Å². The normalized spacial score (nSPS) is 15.9. The molecule has 3 heteroatoms. The van der Waals surface area contributed by atoms with Gasteiger partial charge in [-0.3, -0.25) is 4.79 Å². The lowest BCUT2D eigenvalue weighted by molar-refractivity contribution is -0.144. The fourth-order valence-corrected chi connectivity index (χ4v) is 2.56. The summed E-state index contributed by atoms with van der Waals surface area (Å²) in [6.07, 6.45) is 2.69. The van der Waals surface area contributed by atoms with Crippen LogP contribution in [0.2, 0.25) is 0 Å². The van der Waals surface area contributed by atoms with E-state index >= 15 is 0 Å². The second kappa shape index (κ2) is 6.55. The molecular weight excluding hydrogens is 226 g/mol. The van der Waals surface area contributed by atoms with Crippen LogP contribution in [0.25, 0.3) is 0 Å². The lowest BCUT2D eigenvalue weighted by atomic mass is 9.73. The van der Waals surface area contributed by atoms with Crippen molar-refractivity contribution in [1.82, 2.24) is 0 Å². The van der Waals surface area contributed by atoms with Gasteiger partial charge in [-0.15, -0.1) is 0 Å². The number of hydrogen-bond donors (Lipinski definition) is 2. The number of benzene rings is 1. The molecule has 1 aromatic rings. The first-order chi connectivity index (χ1) is 8.56. The molecule has 0 aliphatic heterocycles. The van der Waals surface area contributed by atoms with Crippen LogP contribution < -0.4 is 5.73 Å². The summed E-state index contributed by atoms with van der Waals surface area (Å²) in [6.45, 7) is 4.35. The molecule has 0 aromatic heterocycles. The fourth-order valence-electron chi connectivity index (χ4n) is 2.56. The molecule has 0 bridgehead atoms. The van der Waals surface area contributed by atoms with Crippen molar-refractivity contribution >= 4 is 5.97 Å². The molecule has 0 aliphatic rings. The van der Waals surface area contributed by atoms with Gasteiger partial charge in [-0.2, -0.15) is 0 Å². The summed E-state index contributed by atoms with van der Waals surface area (Å²) in [5.41, 5.74) is 5.66. The van der Waals surface area contributed by atoms with Crippen molar-refractivity contribution in [3.05, 3.63) is 35.9 Å². The van der Waals surface area contributed by atoms with Crippen LogP contribution in [0, 0.1) is 5.92 Å². The first-order valence-electron chi connectivity index (χ1n) is 6.55. The molecule has 0 spiro atoms. The molecule has 0 saturated carbocycles. The predicted octanol–water partition coefficient (Wildman–Crippen LogP) is 2.79. The van der Waals surface area contributed by atoms with Crippen LogP contribution in [0.1, 0.15) is 38.7 Å². The highest BCUT2D eigenvalue weighted by atomic mass is 16.4. The Kier molecular flexibility index (Phi) is 5.35. The van der Waals surface area contributed by atoms with E-state index in [0.717, 1.165) is 18.4 Å². The standard InChI is InChI=1S/C15H23NO2/c1-3-7-12(2)10-15(11-16,14(17)18)13-8-5-4-6-9-13/h4-6,8-9,12H,3,7,10-11,16H2,1-2H3,(H,17,18). The van der Waals surface area contributed by atoms with E-state index in [2.05, 4.69) is 13.8 Å². The fraction of sp³-hybridized carbons (Fsp3) is 0.533. The molecule has 0 radical (unpaired) electrons. The number of carboxylic acids is 1. The van der Waals surface area contributed by atoms with Gasteiger partial charge in [0.2, 0.25) is 0 Å². The van der Waals surface area contributed by atoms with E-state index in [1.165, 1.54) is 0 Å². The molecule has 18 heavy (non-hydrogen) atoms. The molecule has 0 amide bonds. The SMILES string of the molecule is CCCC(C)CC(CN)(C(=O)O)c1ccccc1. The van der Waals surface area contributed by atoms with Crippen molar-refractivity contribution in [2.24, 2.45) is 11.7 Å². The Morgan fingerprint density at radius 1 is 1.39 bits per heavy atom. The Hall–Kier alpha value is -1.35. The second-order valence-electron chi connectivity index (χ2n) is 5.06. The Labute approximate surface area is 109 Å². The molecule has 2 atom stereocenters. The van der Waals surface area contributed by atoms with Crippen molar-refractivity contribution in [2.75, 3.05) is 6.54 Å². The van der Waals surface area contributed by atoms with Gasteiger partial charge in [-0.1, -0.05) is 57.0 Å². The Morgan fingerprint density at radius 3 is 2.44 bits per heavy atom. The average molecular weight is 249 g/mol. The van der Waals surface area contributed by atoms with Crippen molar-refractivity contribution in [3.8, 4) is 0 Å². The van der Waals surface area contributed by atoms with Crippen molar-refractivity contribution < 1.29 is 9.90 Å². The van der Waals surface area contributed by atoms with Gasteiger partial charge in [0.05, 0.1) is 0 Å². The lowest BCUT2D eigenvalue weighted by Gasteiger charge is -2.31. The quantitative estimate of drug-likeness (QED) is 0.781. The topological polar surface area (TPSA) is 63.3 Å². The molecule has 2 unspecified atom stereocenters. The van der Waals surface area contributed by atoms with Crippen LogP contribution >= 0.6 is 0 Å². The maximum absolute atomic E-state index is 11.7. The average Bonchev–Trinajstić information content (AvgIpc) is 2.37. The highest BCUT2D eigenvalue weighted by molar-refractivity contribution is 5.81. The maximum Gasteiger partial charge on any atom is 0.315 e. The summed E-state index contributed by atoms with van der Waals surface area (Å²) in [6, 6.07) is 9.35. The van der Waals surface area contributed by atoms with Gasteiger partial charge in [0.1, 0.15) is 5.41 Å². The zero-order valence-corrected chi connectivity index (χ0v) is 11.2. The highest BCUT2D eigenvalue weighted by Crippen LogP contribution is 2.32. The van der Waals surface area contributed by atoms with Gasteiger partial charge >= 0.3 is 5.97 Å². The molecular formula is C15H23NO2. The van der Waals surface area contributed by atoms with Gasteiger partial charge in [0, 0.05) is 6.54 Å². The molecule has 3 N–H and O–H groups in total. The summed E-state index contributed by atoms with van der Waals surface area (Å²) in [4.78, 5) is 11.7. The summed E-state index contributed by atoms with van der Waals surface area (Å²) in [5, 5.41) is 9.61. The number of carbonyl (C=O) groups is 1. The number of hydrogen-bond acceptors (Lipinski definition) is 2. The number of rotatable bonds is 7. The minimum Gasteiger partial charge on any atom is -0.481 e. The number of aliphatic carboxylic acids is 1. The molecule has 0 heterocycles. The molecule has 0 fully saturated rings. The lowest BCUT2D eigenvalue weighted by Crippen LogP contribution is -2.44. The highest BCUT2D eigenvalue weighted by Gasteiger charge is 2.39. The molecule has 0 aliphatic carbocycles. The summed E-state index contributed by atoms with van der Waals surface area (Å²) in [5.74, 6) is -0.464. The van der Waals surface area contributed by atoms with Crippen LogP contribution in [-0.2, 0) is 10.2 Å². The third-order valence-electron chi connectivity index (χ3n) is 3.56. The predicted molar refractivity (Wildman–Crippen MR) is 73.5 cm³/mol. The molecule has 1 aromatic carbocycles. The van der Waals surface area contributed by atoms with Gasteiger partial charge in [0.15, 0.2) is 0 Å². The van der Waals surface area contributed by atoms with Gasteiger partial charge in [-0.05, 0) is 17.9 Å². The minimum atomic E-state index is -0.949. The summed E-state index contributed by atoms with van der Waals surface area (Å²) >= 11 is 0. The number of nitrogens with two attached hydrogens (primary N) is 1. The van der Waals surface area contributed by atoms with Crippen LogP contribution in [0.5, 0.6) is 0 Å². The van der Waals surface area contributed by atoms with Crippen LogP contribution in [0.4, 0.5) is 0 Å². The van der Waals surface area contributed by atoms with E-state index in [-0.39, 0.29) is 6.54 Å². The smallest absolute Gasteiger partial charge is 0.315 e. The van der Waals surface area contributed by atoms with Gasteiger partial charge < -0.3 is 10.8 Å². The molecule has 0 saturated heterocycles. The van der Waals surface area contributed by atoms with Crippen molar-refractivity contribution in [2.45, 2.75) is 38.5 Å². The third-order valence-corrected chi connectivity index (χ3v) is 3.56. The summed E-state index contributed by atoms with van der Waals surface area (Å²) < 4.78 is 0. The van der Waals surface area contributed by atoms with E-state index in [1.807, 2.05) is 30.3 Å². The molecule has 3 nitrogen and oxygen atoms in total. The van der Waals surface area contributed by atoms with Gasteiger partial charge in [-0.25, -0.2) is 0 Å². The van der Waals surface area contributed by atoms with Crippen LogP contribution in [0.15, 0.2) is 30.3 Å². The van der Waals surface area contributed by atoms with Crippen molar-refractivity contribution in [3.63, 3.8) is 0 Å². The van der Waals surface area contributed by atoms with E-state index in [1.54, 1.807) is 0 Å². The van der Waals surface area contributed by atoms with Crippen LogP contribution in [0.3, 0.4) is 0 Å². The second-order valence-corrected chi connectivity index (χ2v) is 5.06. The zero-order valence-electron chi connectivity index (χ0n) is 11.2. The largest absolute Gasteiger partial charge is 0.481 e. The number of carboxylic acid groups (broad SMARTS) is 1. The zero-order chi connectivity index (χ0) is 13.6. The Balaban J connectivity index is 3.06. The first kappa shape index (κ1) is 14.7. The first-order valence-corrected chi connectivity index (χ1v) is 6.55. The molecule has 1 rings (SSSR count). The van der Waals surface area contributed by atoms with E-state index < -0.39 is 11.4 Å². The minimum absolute atomic E-state index is 0.139. The summed E-state index contributed by atoms with van der Waals surface area (Å²) in [7, 11) is 0. The Bertz CT molecular complexity index is 377. The van der Waals surface area contributed by atoms with Gasteiger partial charge in [0.25, 0.3) is 0 Å². The third kappa shape index (κ3) is 3.10. The van der Waals surface area contributed by atoms with E-state index in [9.17, 15) is 9.90 Å².